The maximum absolute atomic E-state index is 12.0. The van der Waals surface area contributed by atoms with Gasteiger partial charge >= 0.3 is 0 Å². The summed E-state index contributed by atoms with van der Waals surface area (Å²) in [6.45, 7) is -0.202. The van der Waals surface area contributed by atoms with Gasteiger partial charge in [-0.2, -0.15) is 0 Å². The molecule has 0 saturated carbocycles. The summed E-state index contributed by atoms with van der Waals surface area (Å²) in [6.07, 6.45) is -1.80. The van der Waals surface area contributed by atoms with Crippen LogP contribution in [0.25, 0.3) is 11.0 Å². The van der Waals surface area contributed by atoms with Crippen LogP contribution in [-0.2, 0) is 4.74 Å². The third-order valence-electron chi connectivity index (χ3n) is 3.47. The summed E-state index contributed by atoms with van der Waals surface area (Å²) in [5.74, 6) is 0. The van der Waals surface area contributed by atoms with Crippen molar-refractivity contribution in [3.63, 3.8) is 0 Å². The van der Waals surface area contributed by atoms with Gasteiger partial charge in [0.15, 0.2) is 0 Å². The van der Waals surface area contributed by atoms with Crippen molar-refractivity contribution >= 4 is 11.0 Å². The molecule has 1 saturated heterocycles. The lowest BCUT2D eigenvalue weighted by atomic mass is 10.0. The van der Waals surface area contributed by atoms with E-state index in [4.69, 9.17) is 9.84 Å². The van der Waals surface area contributed by atoms with Gasteiger partial charge in [0.1, 0.15) is 11.8 Å². The molecule has 7 heteroatoms. The van der Waals surface area contributed by atoms with Crippen molar-refractivity contribution in [1.29, 1.82) is 0 Å². The molecule has 20 heavy (non-hydrogen) atoms. The number of H-pyrrole nitrogens is 2. The average Bonchev–Trinajstić information content (AvgIpc) is 2.79. The summed E-state index contributed by atoms with van der Waals surface area (Å²) in [4.78, 5) is 28.3. The molecular weight excluding hydrogens is 264 g/mol. The van der Waals surface area contributed by atoms with Crippen molar-refractivity contribution in [3.8, 4) is 0 Å². The summed E-state index contributed by atoms with van der Waals surface area (Å²) < 4.78 is 5.47. The van der Waals surface area contributed by atoms with Crippen LogP contribution in [0.4, 0.5) is 0 Å². The maximum atomic E-state index is 12.0. The molecule has 2 aromatic rings. The fourth-order valence-electron chi connectivity index (χ4n) is 2.48. The Bertz CT molecular complexity index is 750. The van der Waals surface area contributed by atoms with Gasteiger partial charge < -0.3 is 24.9 Å². The van der Waals surface area contributed by atoms with E-state index >= 15 is 0 Å². The van der Waals surface area contributed by atoms with Crippen molar-refractivity contribution in [3.05, 3.63) is 44.5 Å². The first kappa shape index (κ1) is 13.0. The minimum Gasteiger partial charge on any atom is -0.394 e. The Labute approximate surface area is 112 Å². The highest BCUT2D eigenvalue weighted by molar-refractivity contribution is 5.74. The Balaban J connectivity index is 2.08. The molecule has 2 aromatic heterocycles. The van der Waals surface area contributed by atoms with E-state index in [0.29, 0.717) is 11.0 Å². The number of hydrogen-bond acceptors (Lipinski definition) is 5. The highest BCUT2D eigenvalue weighted by Crippen LogP contribution is 2.31. The van der Waals surface area contributed by atoms with E-state index < -0.39 is 23.9 Å². The number of ether oxygens (including phenoxy) is 1. The summed E-state index contributed by atoms with van der Waals surface area (Å²) in [7, 11) is 0. The second-order valence-electron chi connectivity index (χ2n) is 4.87. The highest BCUT2D eigenvalue weighted by Gasteiger charge is 2.36. The molecule has 3 rings (SSSR count). The number of aromatic amines is 2. The molecule has 0 unspecified atom stereocenters. The predicted octanol–water partition coefficient (Wildman–Crippen LogP) is -0.600. The van der Waals surface area contributed by atoms with Gasteiger partial charge in [0.2, 0.25) is 5.56 Å². The number of aromatic nitrogens is 2. The molecule has 3 atom stereocenters. The van der Waals surface area contributed by atoms with Gasteiger partial charge in [-0.3, -0.25) is 9.59 Å². The lowest BCUT2D eigenvalue weighted by molar-refractivity contribution is -0.0113. The topological polar surface area (TPSA) is 115 Å². The third-order valence-corrected chi connectivity index (χ3v) is 3.47. The minimum absolute atomic E-state index is 0.202. The predicted molar refractivity (Wildman–Crippen MR) is 70.5 cm³/mol. The molecular formula is C13H14N2O5. The molecule has 0 aromatic carbocycles. The average molecular weight is 278 g/mol. The SMILES string of the molecule is O=c1ccc2cc([C@@H]3O[C@H](CO)C[C@@H]3O)c(=O)[nH]c2[nH]1. The Hall–Kier alpha value is -1.96. The van der Waals surface area contributed by atoms with E-state index in [0.717, 1.165) is 0 Å². The second-order valence-corrected chi connectivity index (χ2v) is 4.87. The van der Waals surface area contributed by atoms with Gasteiger partial charge in [-0.15, -0.1) is 0 Å². The number of nitrogens with one attached hydrogen (secondary N) is 2. The molecule has 106 valence electrons. The molecule has 7 nitrogen and oxygen atoms in total. The van der Waals surface area contributed by atoms with Gasteiger partial charge in [-0.1, -0.05) is 0 Å². The second kappa shape index (κ2) is 4.86. The fraction of sp³-hybridized carbons (Fsp3) is 0.385. The first-order chi connectivity index (χ1) is 9.58. The molecule has 0 spiro atoms. The van der Waals surface area contributed by atoms with Crippen LogP contribution in [0.15, 0.2) is 27.8 Å². The first-order valence-corrected chi connectivity index (χ1v) is 6.29. The number of fused-ring (bicyclic) bond motifs is 1. The normalized spacial score (nSPS) is 26.2. The van der Waals surface area contributed by atoms with Crippen LogP contribution in [-0.4, -0.2) is 39.0 Å². The summed E-state index contributed by atoms with van der Waals surface area (Å²) >= 11 is 0. The number of rotatable bonds is 2. The monoisotopic (exact) mass is 278 g/mol. The van der Waals surface area contributed by atoms with Crippen molar-refractivity contribution in [1.82, 2.24) is 9.97 Å². The van der Waals surface area contributed by atoms with Gasteiger partial charge in [0.25, 0.3) is 5.56 Å². The van der Waals surface area contributed by atoms with Gasteiger partial charge in [0.05, 0.1) is 18.8 Å². The van der Waals surface area contributed by atoms with Crippen LogP contribution in [0, 0.1) is 0 Å². The lowest BCUT2D eigenvalue weighted by Gasteiger charge is -2.14. The van der Waals surface area contributed by atoms with E-state index in [-0.39, 0.29) is 24.2 Å². The molecule has 1 aliphatic heterocycles. The molecule has 0 amide bonds. The maximum Gasteiger partial charge on any atom is 0.255 e. The van der Waals surface area contributed by atoms with Crippen molar-refractivity contribution in [2.45, 2.75) is 24.7 Å². The van der Waals surface area contributed by atoms with Gasteiger partial charge in [-0.05, 0) is 12.1 Å². The summed E-state index contributed by atoms with van der Waals surface area (Å²) in [5, 5.41) is 19.6. The van der Waals surface area contributed by atoms with Crippen LogP contribution in [0.5, 0.6) is 0 Å². The molecule has 3 heterocycles. The number of aliphatic hydroxyl groups excluding tert-OH is 2. The largest absolute Gasteiger partial charge is 0.394 e. The number of hydrogen-bond donors (Lipinski definition) is 4. The van der Waals surface area contributed by atoms with E-state index in [2.05, 4.69) is 9.97 Å². The summed E-state index contributed by atoms with van der Waals surface area (Å²) in [5.41, 5.74) is -0.120. The molecule has 1 aliphatic rings. The Kier molecular flexibility index (Phi) is 3.17. The van der Waals surface area contributed by atoms with Gasteiger partial charge in [-0.25, -0.2) is 0 Å². The number of pyridine rings is 2. The zero-order valence-electron chi connectivity index (χ0n) is 10.5. The van der Waals surface area contributed by atoms with Crippen LogP contribution in [0.1, 0.15) is 18.1 Å². The Morgan fingerprint density at radius 3 is 2.80 bits per heavy atom. The van der Waals surface area contributed by atoms with Crippen LogP contribution in [0.2, 0.25) is 0 Å². The van der Waals surface area contributed by atoms with E-state index in [9.17, 15) is 14.7 Å². The Morgan fingerprint density at radius 2 is 2.10 bits per heavy atom. The van der Waals surface area contributed by atoms with E-state index in [1.54, 1.807) is 12.1 Å². The lowest BCUT2D eigenvalue weighted by Crippen LogP contribution is -2.23. The van der Waals surface area contributed by atoms with E-state index in [1.165, 1.54) is 6.07 Å². The molecule has 0 bridgehead atoms. The van der Waals surface area contributed by atoms with Crippen LogP contribution >= 0.6 is 0 Å². The summed E-state index contributed by atoms with van der Waals surface area (Å²) in [6, 6.07) is 4.52. The standard InChI is InChI=1S/C13H14N2O5/c16-5-7-4-9(17)11(20-7)8-3-6-1-2-10(18)14-12(6)15-13(8)19/h1-3,7,9,11,16-17H,4-5H2,(H2,14,15,18,19)/t7-,9-,11-/m0/s1. The third kappa shape index (κ3) is 2.15. The zero-order chi connectivity index (χ0) is 14.3. The van der Waals surface area contributed by atoms with Crippen molar-refractivity contribution in [2.75, 3.05) is 6.61 Å². The van der Waals surface area contributed by atoms with Gasteiger partial charge in [0, 0.05) is 23.4 Å². The molecule has 1 fully saturated rings. The van der Waals surface area contributed by atoms with Crippen LogP contribution < -0.4 is 11.1 Å². The highest BCUT2D eigenvalue weighted by atomic mass is 16.5. The quantitative estimate of drug-likeness (QED) is 0.585. The zero-order valence-corrected chi connectivity index (χ0v) is 10.5. The molecule has 0 radical (unpaired) electrons. The van der Waals surface area contributed by atoms with E-state index in [1.807, 2.05) is 0 Å². The number of aliphatic hydroxyl groups is 2. The smallest absolute Gasteiger partial charge is 0.255 e. The fourth-order valence-corrected chi connectivity index (χ4v) is 2.48. The first-order valence-electron chi connectivity index (χ1n) is 6.29. The van der Waals surface area contributed by atoms with Crippen molar-refractivity contribution in [2.24, 2.45) is 0 Å². The molecule has 0 aliphatic carbocycles. The Morgan fingerprint density at radius 1 is 1.30 bits per heavy atom. The van der Waals surface area contributed by atoms with Crippen LogP contribution in [0.3, 0.4) is 0 Å². The minimum atomic E-state index is -0.839. The molecule has 4 N–H and O–H groups in total. The van der Waals surface area contributed by atoms with Crippen molar-refractivity contribution < 1.29 is 14.9 Å².